The van der Waals surface area contributed by atoms with Crippen LogP contribution in [0.25, 0.3) is 18.8 Å². The lowest BCUT2D eigenvalue weighted by molar-refractivity contribution is 0.0702. The molecule has 1 N–H and O–H groups in total. The standard InChI is InChI=1S/C9H4O2S3/c10-8(11)6-3-5-7(13-6)4-1-2-12-9(4)14-5/h1-3H,(H,10,11). The van der Waals surface area contributed by atoms with E-state index in [1.54, 1.807) is 28.7 Å². The molecule has 0 aromatic carbocycles. The van der Waals surface area contributed by atoms with Gasteiger partial charge in [-0.05, 0) is 17.5 Å². The molecular weight excluding hydrogens is 236 g/mol. The second kappa shape index (κ2) is 2.79. The van der Waals surface area contributed by atoms with Crippen molar-refractivity contribution in [1.29, 1.82) is 0 Å². The van der Waals surface area contributed by atoms with Crippen LogP contribution in [-0.4, -0.2) is 11.1 Å². The maximum Gasteiger partial charge on any atom is 0.345 e. The maximum absolute atomic E-state index is 10.8. The average Bonchev–Trinajstić information content (AvgIpc) is 2.70. The first-order valence-electron chi connectivity index (χ1n) is 3.88. The summed E-state index contributed by atoms with van der Waals surface area (Å²) in [5.74, 6) is -0.832. The van der Waals surface area contributed by atoms with E-state index in [-0.39, 0.29) is 0 Å². The van der Waals surface area contributed by atoms with Gasteiger partial charge in [0.1, 0.15) is 4.88 Å². The lowest BCUT2D eigenvalue weighted by Gasteiger charge is -1.81. The van der Waals surface area contributed by atoms with Crippen LogP contribution < -0.4 is 0 Å². The van der Waals surface area contributed by atoms with E-state index in [9.17, 15) is 4.79 Å². The molecule has 0 aliphatic heterocycles. The number of thiophene rings is 3. The highest BCUT2D eigenvalue weighted by molar-refractivity contribution is 7.43. The first-order valence-corrected chi connectivity index (χ1v) is 6.40. The van der Waals surface area contributed by atoms with Crippen LogP contribution >= 0.6 is 34.0 Å². The van der Waals surface area contributed by atoms with Gasteiger partial charge in [-0.3, -0.25) is 0 Å². The molecule has 5 heteroatoms. The fourth-order valence-electron chi connectivity index (χ4n) is 1.39. The number of carboxylic acid groups (broad SMARTS) is 1. The fraction of sp³-hybridized carbons (Fsp3) is 0. The highest BCUT2D eigenvalue weighted by Gasteiger charge is 2.13. The van der Waals surface area contributed by atoms with Crippen molar-refractivity contribution in [2.75, 3.05) is 0 Å². The van der Waals surface area contributed by atoms with Crippen molar-refractivity contribution < 1.29 is 9.90 Å². The van der Waals surface area contributed by atoms with Crippen LogP contribution in [-0.2, 0) is 0 Å². The molecule has 0 radical (unpaired) electrons. The maximum atomic E-state index is 10.8. The molecule has 0 atom stereocenters. The van der Waals surface area contributed by atoms with Crippen molar-refractivity contribution in [3.05, 3.63) is 22.4 Å². The Morgan fingerprint density at radius 1 is 1.36 bits per heavy atom. The molecule has 0 aliphatic carbocycles. The van der Waals surface area contributed by atoms with Crippen LogP contribution in [0.1, 0.15) is 9.67 Å². The summed E-state index contributed by atoms with van der Waals surface area (Å²) in [5, 5.41) is 12.1. The van der Waals surface area contributed by atoms with Gasteiger partial charge in [0.05, 0.1) is 8.71 Å². The zero-order valence-corrected chi connectivity index (χ0v) is 9.26. The highest BCUT2D eigenvalue weighted by atomic mass is 32.2. The zero-order valence-electron chi connectivity index (χ0n) is 6.81. The van der Waals surface area contributed by atoms with Crippen LogP contribution in [0.4, 0.5) is 0 Å². The van der Waals surface area contributed by atoms with Gasteiger partial charge in [-0.1, -0.05) is 0 Å². The van der Waals surface area contributed by atoms with Gasteiger partial charge in [0, 0.05) is 10.1 Å². The summed E-state index contributed by atoms with van der Waals surface area (Å²) in [4.78, 5) is 11.2. The number of carbonyl (C=O) groups is 1. The topological polar surface area (TPSA) is 37.3 Å². The molecule has 0 spiro atoms. The molecule has 0 bridgehead atoms. The number of fused-ring (bicyclic) bond motifs is 3. The summed E-state index contributed by atoms with van der Waals surface area (Å²) in [5.41, 5.74) is 0. The molecule has 0 saturated carbocycles. The number of carboxylic acids is 1. The molecule has 3 rings (SSSR count). The van der Waals surface area contributed by atoms with E-state index in [1.165, 1.54) is 20.7 Å². The molecule has 3 heterocycles. The summed E-state index contributed by atoms with van der Waals surface area (Å²) in [6.07, 6.45) is 0. The summed E-state index contributed by atoms with van der Waals surface area (Å²) < 4.78 is 3.49. The van der Waals surface area contributed by atoms with Crippen molar-refractivity contribution in [2.24, 2.45) is 0 Å². The quantitative estimate of drug-likeness (QED) is 0.701. The molecule has 14 heavy (non-hydrogen) atoms. The third-order valence-corrected chi connectivity index (χ3v) is 5.46. The average molecular weight is 240 g/mol. The van der Waals surface area contributed by atoms with E-state index in [0.29, 0.717) is 4.88 Å². The van der Waals surface area contributed by atoms with Gasteiger partial charge in [-0.2, -0.15) is 0 Å². The second-order valence-corrected chi connectivity index (χ2v) is 6.11. The number of hydrogen-bond acceptors (Lipinski definition) is 4. The Labute approximate surface area is 91.0 Å². The molecule has 0 aliphatic rings. The molecule has 0 fully saturated rings. The number of hydrogen-bond donors (Lipinski definition) is 1. The van der Waals surface area contributed by atoms with Crippen molar-refractivity contribution >= 4 is 58.8 Å². The monoisotopic (exact) mass is 240 g/mol. The van der Waals surface area contributed by atoms with Crippen LogP contribution in [0.15, 0.2) is 17.5 Å². The largest absolute Gasteiger partial charge is 0.477 e. The molecule has 0 saturated heterocycles. The van der Waals surface area contributed by atoms with Gasteiger partial charge >= 0.3 is 5.97 Å². The smallest absolute Gasteiger partial charge is 0.345 e. The Kier molecular flexibility index (Phi) is 1.67. The van der Waals surface area contributed by atoms with Gasteiger partial charge in [0.2, 0.25) is 0 Å². The summed E-state index contributed by atoms with van der Waals surface area (Å²) >= 11 is 4.75. The lowest BCUT2D eigenvalue weighted by atomic mass is 10.4. The van der Waals surface area contributed by atoms with E-state index in [1.807, 2.05) is 5.38 Å². The van der Waals surface area contributed by atoms with Crippen molar-refractivity contribution in [3.8, 4) is 0 Å². The Balaban J connectivity index is 2.43. The lowest BCUT2D eigenvalue weighted by Crippen LogP contribution is -1.89. The van der Waals surface area contributed by atoms with E-state index in [4.69, 9.17) is 5.11 Å². The van der Waals surface area contributed by atoms with Gasteiger partial charge in [0.25, 0.3) is 0 Å². The molecular formula is C9H4O2S3. The first kappa shape index (κ1) is 8.40. The predicted octanol–water partition coefficient (Wildman–Crippen LogP) is 3.88. The molecule has 2 nitrogen and oxygen atoms in total. The van der Waals surface area contributed by atoms with E-state index < -0.39 is 5.97 Å². The molecule has 3 aromatic heterocycles. The van der Waals surface area contributed by atoms with Crippen molar-refractivity contribution in [3.63, 3.8) is 0 Å². The zero-order chi connectivity index (χ0) is 9.71. The van der Waals surface area contributed by atoms with Crippen molar-refractivity contribution in [2.45, 2.75) is 0 Å². The van der Waals surface area contributed by atoms with Gasteiger partial charge in [0.15, 0.2) is 0 Å². The second-order valence-electron chi connectivity index (χ2n) is 2.83. The fourth-order valence-corrected chi connectivity index (χ4v) is 4.88. The van der Waals surface area contributed by atoms with Crippen LogP contribution in [0, 0.1) is 0 Å². The minimum atomic E-state index is -0.832. The van der Waals surface area contributed by atoms with Gasteiger partial charge in [-0.25, -0.2) is 4.79 Å². The minimum absolute atomic E-state index is 0.430. The number of aromatic carboxylic acids is 1. The molecule has 70 valence electrons. The highest BCUT2D eigenvalue weighted by Crippen LogP contribution is 2.41. The number of rotatable bonds is 1. The SMILES string of the molecule is O=C(O)c1cc2sc3sccc3c2s1. The molecule has 0 amide bonds. The third-order valence-electron chi connectivity index (χ3n) is 1.99. The van der Waals surface area contributed by atoms with Gasteiger partial charge in [-0.15, -0.1) is 34.0 Å². The predicted molar refractivity (Wildman–Crippen MR) is 62.0 cm³/mol. The van der Waals surface area contributed by atoms with E-state index in [0.717, 1.165) is 9.40 Å². The minimum Gasteiger partial charge on any atom is -0.477 e. The van der Waals surface area contributed by atoms with E-state index >= 15 is 0 Å². The van der Waals surface area contributed by atoms with Crippen molar-refractivity contribution in [1.82, 2.24) is 0 Å². The van der Waals surface area contributed by atoms with Crippen LogP contribution in [0.3, 0.4) is 0 Å². The molecule has 0 unspecified atom stereocenters. The third kappa shape index (κ3) is 1.03. The van der Waals surface area contributed by atoms with Crippen LogP contribution in [0.2, 0.25) is 0 Å². The summed E-state index contributed by atoms with van der Waals surface area (Å²) in [6.45, 7) is 0. The Morgan fingerprint density at radius 2 is 2.21 bits per heavy atom. The van der Waals surface area contributed by atoms with E-state index in [2.05, 4.69) is 6.07 Å². The molecule has 3 aromatic rings. The Bertz CT molecular complexity index is 629. The Hall–Kier alpha value is -0.910. The first-order chi connectivity index (χ1) is 6.75. The summed E-state index contributed by atoms with van der Waals surface area (Å²) in [7, 11) is 0. The summed E-state index contributed by atoms with van der Waals surface area (Å²) in [6, 6.07) is 3.82. The van der Waals surface area contributed by atoms with Crippen LogP contribution in [0.5, 0.6) is 0 Å². The van der Waals surface area contributed by atoms with Gasteiger partial charge < -0.3 is 5.11 Å². The normalized spacial score (nSPS) is 11.4. The Morgan fingerprint density at radius 3 is 3.00 bits per heavy atom.